The Bertz CT molecular complexity index is 822. The third-order valence-electron chi connectivity index (χ3n) is 7.32. The summed E-state index contributed by atoms with van der Waals surface area (Å²) in [4.78, 5) is 38.3. The van der Waals surface area contributed by atoms with E-state index in [2.05, 4.69) is 6.92 Å². The molecule has 230 valence electrons. The summed E-state index contributed by atoms with van der Waals surface area (Å²) < 4.78 is 0. The van der Waals surface area contributed by atoms with Crippen LogP contribution in [-0.2, 0) is 20.8 Å². The maximum absolute atomic E-state index is 13.0. The van der Waals surface area contributed by atoms with Gasteiger partial charge in [-0.25, -0.2) is 4.79 Å². The van der Waals surface area contributed by atoms with E-state index in [-0.39, 0.29) is 31.0 Å². The lowest BCUT2D eigenvalue weighted by Crippen LogP contribution is -2.56. The molecule has 2 unspecified atom stereocenters. The monoisotopic (exact) mass is 583 g/mol. The number of nitrogens with two attached hydrogens (primary N) is 2. The number of amides is 2. The number of hydrogen-bond donors (Lipinski definition) is 4. The van der Waals surface area contributed by atoms with Crippen molar-refractivity contribution in [2.75, 3.05) is 6.54 Å². The minimum absolute atomic E-state index is 0. The molecule has 0 bridgehead atoms. The average molecular weight is 584 g/mol. The van der Waals surface area contributed by atoms with E-state index in [1.807, 2.05) is 0 Å². The zero-order chi connectivity index (χ0) is 28.9. The van der Waals surface area contributed by atoms with Gasteiger partial charge >= 0.3 is 5.97 Å². The van der Waals surface area contributed by atoms with Crippen LogP contribution in [0.2, 0.25) is 0 Å². The van der Waals surface area contributed by atoms with Gasteiger partial charge in [-0.05, 0) is 30.5 Å². The SMILES string of the molecule is CCCCCCCCCCCCCCCCCCC(C(=O)O)N(C(=O)CN)C(=O)C(N)Cc1ccc(O)cc1.Cl. The van der Waals surface area contributed by atoms with Gasteiger partial charge < -0.3 is 21.7 Å². The van der Waals surface area contributed by atoms with Gasteiger partial charge in [0.2, 0.25) is 11.8 Å². The smallest absolute Gasteiger partial charge is 0.326 e. The first-order valence-electron chi connectivity index (χ1n) is 15.1. The Balaban J connectivity index is 0.0000152. The summed E-state index contributed by atoms with van der Waals surface area (Å²) in [6, 6.07) is 3.83. The molecule has 1 aromatic rings. The second-order valence-electron chi connectivity index (χ2n) is 10.7. The molecule has 8 nitrogen and oxygen atoms in total. The van der Waals surface area contributed by atoms with Gasteiger partial charge in [-0.3, -0.25) is 14.5 Å². The number of phenols is 1. The minimum atomic E-state index is -1.29. The van der Waals surface area contributed by atoms with Gasteiger partial charge in [0.05, 0.1) is 12.6 Å². The van der Waals surface area contributed by atoms with Crippen molar-refractivity contribution >= 4 is 30.2 Å². The largest absolute Gasteiger partial charge is 0.508 e. The number of imide groups is 1. The molecule has 0 aliphatic carbocycles. The summed E-state index contributed by atoms with van der Waals surface area (Å²) in [5.74, 6) is -2.64. The first-order valence-corrected chi connectivity index (χ1v) is 15.1. The van der Waals surface area contributed by atoms with Crippen molar-refractivity contribution in [1.82, 2.24) is 4.90 Å². The molecule has 6 N–H and O–H groups in total. The highest BCUT2D eigenvalue weighted by atomic mass is 35.5. The number of carboxylic acid groups (broad SMARTS) is 1. The second kappa shape index (κ2) is 23.5. The summed E-state index contributed by atoms with van der Waals surface area (Å²) in [5.41, 5.74) is 12.3. The summed E-state index contributed by atoms with van der Waals surface area (Å²) in [6.07, 6.45) is 19.7. The summed E-state index contributed by atoms with van der Waals surface area (Å²) in [7, 11) is 0. The summed E-state index contributed by atoms with van der Waals surface area (Å²) in [6.45, 7) is 1.78. The highest BCUT2D eigenvalue weighted by Gasteiger charge is 2.36. The fourth-order valence-corrected chi connectivity index (χ4v) is 4.95. The van der Waals surface area contributed by atoms with Gasteiger partial charge in [-0.15, -0.1) is 12.4 Å². The van der Waals surface area contributed by atoms with Crippen LogP contribution in [0.15, 0.2) is 24.3 Å². The highest BCUT2D eigenvalue weighted by Crippen LogP contribution is 2.18. The van der Waals surface area contributed by atoms with Crippen molar-refractivity contribution in [2.45, 2.75) is 135 Å². The van der Waals surface area contributed by atoms with Gasteiger partial charge in [-0.2, -0.15) is 0 Å². The number of carbonyl (C=O) groups is 3. The fourth-order valence-electron chi connectivity index (χ4n) is 4.95. The van der Waals surface area contributed by atoms with Crippen LogP contribution in [0.5, 0.6) is 5.75 Å². The third kappa shape index (κ3) is 16.2. The Kier molecular flexibility index (Phi) is 22.3. The van der Waals surface area contributed by atoms with Crippen molar-refractivity contribution in [3.63, 3.8) is 0 Å². The number of rotatable bonds is 23. The molecule has 0 radical (unpaired) electrons. The second-order valence-corrected chi connectivity index (χ2v) is 10.7. The molecule has 9 heteroatoms. The minimum Gasteiger partial charge on any atom is -0.508 e. The van der Waals surface area contributed by atoms with Crippen molar-refractivity contribution in [1.29, 1.82) is 0 Å². The Morgan fingerprint density at radius 3 is 1.60 bits per heavy atom. The van der Waals surface area contributed by atoms with E-state index in [1.54, 1.807) is 12.1 Å². The Morgan fingerprint density at radius 2 is 1.20 bits per heavy atom. The van der Waals surface area contributed by atoms with Crippen LogP contribution in [0.4, 0.5) is 0 Å². The number of carbonyl (C=O) groups excluding carboxylic acids is 2. The molecule has 0 spiro atoms. The predicted octanol–water partition coefficient (Wildman–Crippen LogP) is 6.10. The van der Waals surface area contributed by atoms with Crippen molar-refractivity contribution < 1.29 is 24.6 Å². The van der Waals surface area contributed by atoms with Crippen molar-refractivity contribution in [2.24, 2.45) is 11.5 Å². The van der Waals surface area contributed by atoms with Crippen molar-refractivity contribution in [3.8, 4) is 5.75 Å². The molecule has 0 aromatic heterocycles. The lowest BCUT2D eigenvalue weighted by atomic mass is 10.0. The number of hydrogen-bond acceptors (Lipinski definition) is 6. The molecule has 40 heavy (non-hydrogen) atoms. The Morgan fingerprint density at radius 1 is 0.775 bits per heavy atom. The molecule has 0 aliphatic heterocycles. The zero-order valence-electron chi connectivity index (χ0n) is 24.5. The molecular formula is C31H54ClN3O5. The predicted molar refractivity (Wildman–Crippen MR) is 164 cm³/mol. The molecule has 0 fully saturated rings. The normalized spacial score (nSPS) is 12.4. The molecule has 0 heterocycles. The standard InChI is InChI=1S/C31H53N3O5.ClH/c1-2-3-4-5-6-7-8-9-10-11-12-13-14-15-16-17-18-28(31(38)39)34(29(36)24-32)30(37)27(33)23-25-19-21-26(35)22-20-25;/h19-22,27-28,35H,2-18,23-24,32-33H2,1H3,(H,38,39);1H. The zero-order valence-corrected chi connectivity index (χ0v) is 25.3. The molecule has 0 saturated heterocycles. The van der Waals surface area contributed by atoms with Crippen LogP contribution < -0.4 is 11.5 Å². The van der Waals surface area contributed by atoms with Gasteiger partial charge in [0.1, 0.15) is 11.8 Å². The van der Waals surface area contributed by atoms with Crippen LogP contribution in [-0.4, -0.2) is 51.5 Å². The lowest BCUT2D eigenvalue weighted by molar-refractivity contribution is -0.158. The van der Waals surface area contributed by atoms with Gasteiger partial charge in [0.15, 0.2) is 0 Å². The number of carboxylic acids is 1. The van der Waals surface area contributed by atoms with E-state index >= 15 is 0 Å². The number of benzene rings is 1. The molecule has 1 aromatic carbocycles. The molecule has 2 atom stereocenters. The molecular weight excluding hydrogens is 530 g/mol. The van der Waals surface area contributed by atoms with E-state index in [9.17, 15) is 24.6 Å². The fraction of sp³-hybridized carbons (Fsp3) is 0.710. The molecule has 2 amide bonds. The number of unbranched alkanes of at least 4 members (excludes halogenated alkanes) is 15. The summed E-state index contributed by atoms with van der Waals surface area (Å²) in [5, 5.41) is 19.2. The van der Waals surface area contributed by atoms with E-state index < -0.39 is 36.4 Å². The number of phenolic OH excluding ortho intramolecular Hbond substituents is 1. The van der Waals surface area contributed by atoms with Crippen LogP contribution in [0.25, 0.3) is 0 Å². The molecule has 0 saturated carbocycles. The molecule has 0 aliphatic rings. The van der Waals surface area contributed by atoms with Crippen molar-refractivity contribution in [3.05, 3.63) is 29.8 Å². The van der Waals surface area contributed by atoms with E-state index in [0.717, 1.165) is 24.2 Å². The van der Waals surface area contributed by atoms with Crippen LogP contribution >= 0.6 is 12.4 Å². The van der Waals surface area contributed by atoms with Gasteiger partial charge in [-0.1, -0.05) is 122 Å². The summed E-state index contributed by atoms with van der Waals surface area (Å²) >= 11 is 0. The third-order valence-corrected chi connectivity index (χ3v) is 7.32. The van der Waals surface area contributed by atoms with Crippen LogP contribution in [0.3, 0.4) is 0 Å². The highest BCUT2D eigenvalue weighted by molar-refractivity contribution is 6.02. The first-order chi connectivity index (χ1) is 18.8. The topological polar surface area (TPSA) is 147 Å². The maximum atomic E-state index is 13.0. The molecule has 1 rings (SSSR count). The Labute approximate surface area is 247 Å². The first kappa shape index (κ1) is 37.8. The average Bonchev–Trinajstić information content (AvgIpc) is 2.92. The van der Waals surface area contributed by atoms with E-state index in [1.165, 1.54) is 89.2 Å². The number of aromatic hydroxyl groups is 1. The quantitative estimate of drug-likeness (QED) is 0.114. The maximum Gasteiger partial charge on any atom is 0.326 e. The Hall–Kier alpha value is -2.16. The van der Waals surface area contributed by atoms with Crippen LogP contribution in [0.1, 0.15) is 122 Å². The van der Waals surface area contributed by atoms with Crippen LogP contribution in [0, 0.1) is 0 Å². The van der Waals surface area contributed by atoms with E-state index in [4.69, 9.17) is 11.5 Å². The van der Waals surface area contributed by atoms with E-state index in [0.29, 0.717) is 12.0 Å². The lowest BCUT2D eigenvalue weighted by Gasteiger charge is -2.29. The van der Waals surface area contributed by atoms with Gasteiger partial charge in [0.25, 0.3) is 0 Å². The number of aliphatic carboxylic acids is 1. The number of halogens is 1. The van der Waals surface area contributed by atoms with Gasteiger partial charge in [0, 0.05) is 0 Å². The number of nitrogens with zero attached hydrogens (tertiary/aromatic N) is 1.